The van der Waals surface area contributed by atoms with Gasteiger partial charge in [-0.3, -0.25) is 4.79 Å². The molecule has 0 aromatic heterocycles. The Morgan fingerprint density at radius 1 is 1.15 bits per heavy atom. The van der Waals surface area contributed by atoms with E-state index in [1.807, 2.05) is 50.3 Å². The molecule has 13 heavy (non-hydrogen) atoms. The van der Waals surface area contributed by atoms with Crippen molar-refractivity contribution < 1.29 is 4.79 Å². The van der Waals surface area contributed by atoms with Gasteiger partial charge in [0, 0.05) is 12.8 Å². The Bertz CT molecular complexity index is 209. The summed E-state index contributed by atoms with van der Waals surface area (Å²) >= 11 is 0. The first-order valence-corrected chi connectivity index (χ1v) is 4.77. The van der Waals surface area contributed by atoms with Gasteiger partial charge in [0.1, 0.15) is 5.78 Å². The zero-order chi connectivity index (χ0) is 9.94. The molecule has 0 rings (SSSR count). The highest BCUT2D eigenvalue weighted by molar-refractivity contribution is 5.79. The molecule has 0 N–H and O–H groups in total. The number of carbonyl (C=O) groups is 1. The first-order valence-electron chi connectivity index (χ1n) is 4.77. The summed E-state index contributed by atoms with van der Waals surface area (Å²) in [6.07, 6.45) is 13.8. The summed E-state index contributed by atoms with van der Waals surface area (Å²) in [4.78, 5) is 11.0. The van der Waals surface area contributed by atoms with Crippen molar-refractivity contribution in [3.05, 3.63) is 36.5 Å². The van der Waals surface area contributed by atoms with Crippen LogP contribution >= 0.6 is 0 Å². The average Bonchev–Trinajstić information content (AvgIpc) is 2.11. The van der Waals surface area contributed by atoms with Crippen molar-refractivity contribution in [3.8, 4) is 0 Å². The van der Waals surface area contributed by atoms with Gasteiger partial charge in [-0.15, -0.1) is 0 Å². The van der Waals surface area contributed by atoms with E-state index in [2.05, 4.69) is 0 Å². The Morgan fingerprint density at radius 3 is 2.46 bits per heavy atom. The molecular weight excluding hydrogens is 160 g/mol. The van der Waals surface area contributed by atoms with Gasteiger partial charge < -0.3 is 0 Å². The number of carbonyl (C=O) groups excluding carboxylic acids is 1. The lowest BCUT2D eigenvalue weighted by Gasteiger charge is -1.90. The maximum Gasteiger partial charge on any atom is 0.136 e. The van der Waals surface area contributed by atoms with E-state index < -0.39 is 0 Å². The van der Waals surface area contributed by atoms with Crippen LogP contribution in [0.5, 0.6) is 0 Å². The normalized spacial score (nSPS) is 12.2. The summed E-state index contributed by atoms with van der Waals surface area (Å²) in [6, 6.07) is 0. The van der Waals surface area contributed by atoms with Crippen LogP contribution in [0.15, 0.2) is 36.5 Å². The van der Waals surface area contributed by atoms with Crippen molar-refractivity contribution in [1.29, 1.82) is 0 Å². The zero-order valence-corrected chi connectivity index (χ0v) is 8.49. The van der Waals surface area contributed by atoms with Gasteiger partial charge in [-0.1, -0.05) is 43.4 Å². The maximum absolute atomic E-state index is 11.0. The van der Waals surface area contributed by atoms with Crippen molar-refractivity contribution >= 4 is 5.78 Å². The molecule has 0 spiro atoms. The van der Waals surface area contributed by atoms with Crippen molar-refractivity contribution in [3.63, 3.8) is 0 Å². The molecule has 0 atom stereocenters. The lowest BCUT2D eigenvalue weighted by atomic mass is 10.2. The third-order valence-corrected chi connectivity index (χ3v) is 1.54. The van der Waals surface area contributed by atoms with Crippen LogP contribution in [0.4, 0.5) is 0 Å². The van der Waals surface area contributed by atoms with Gasteiger partial charge in [-0.2, -0.15) is 0 Å². The molecule has 0 heterocycles. The minimum absolute atomic E-state index is 0.318. The number of Topliss-reactive ketones (excluding diaryl/α,β-unsaturated/α-hetero) is 1. The fourth-order valence-electron chi connectivity index (χ4n) is 0.898. The molecule has 0 aromatic carbocycles. The zero-order valence-electron chi connectivity index (χ0n) is 8.49. The Balaban J connectivity index is 3.57. The molecule has 0 aliphatic carbocycles. The number of rotatable bonds is 6. The first-order chi connectivity index (χ1) is 6.31. The molecule has 0 aliphatic rings. The Labute approximate surface area is 80.8 Å². The molecular formula is C12H18O. The lowest BCUT2D eigenvalue weighted by Crippen LogP contribution is -1.92. The summed E-state index contributed by atoms with van der Waals surface area (Å²) < 4.78 is 0. The second-order valence-electron chi connectivity index (χ2n) is 2.83. The molecule has 0 saturated heterocycles. The molecule has 72 valence electrons. The van der Waals surface area contributed by atoms with E-state index in [-0.39, 0.29) is 0 Å². The summed E-state index contributed by atoms with van der Waals surface area (Å²) in [5.74, 6) is 0.318. The average molecular weight is 178 g/mol. The van der Waals surface area contributed by atoms with Gasteiger partial charge in [0.25, 0.3) is 0 Å². The number of hydrogen-bond donors (Lipinski definition) is 0. The van der Waals surface area contributed by atoms with Crippen LogP contribution < -0.4 is 0 Å². The molecule has 0 unspecified atom stereocenters. The predicted octanol–water partition coefficient (Wildman–Crippen LogP) is 3.43. The highest BCUT2D eigenvalue weighted by atomic mass is 16.1. The lowest BCUT2D eigenvalue weighted by molar-refractivity contribution is -0.118. The van der Waals surface area contributed by atoms with Gasteiger partial charge >= 0.3 is 0 Å². The van der Waals surface area contributed by atoms with Crippen molar-refractivity contribution in [1.82, 2.24) is 0 Å². The fourth-order valence-corrected chi connectivity index (χ4v) is 0.898. The minimum Gasteiger partial charge on any atom is -0.299 e. The van der Waals surface area contributed by atoms with Crippen LogP contribution in [0, 0.1) is 0 Å². The topological polar surface area (TPSA) is 17.1 Å². The molecule has 0 aliphatic heterocycles. The molecule has 0 fully saturated rings. The van der Waals surface area contributed by atoms with E-state index in [9.17, 15) is 4.79 Å². The second kappa shape index (κ2) is 8.98. The number of ketones is 1. The van der Waals surface area contributed by atoms with E-state index >= 15 is 0 Å². The molecule has 0 saturated carbocycles. The summed E-state index contributed by atoms with van der Waals surface area (Å²) in [7, 11) is 0. The van der Waals surface area contributed by atoms with E-state index in [1.165, 1.54) is 0 Å². The number of hydrogen-bond acceptors (Lipinski definition) is 1. The van der Waals surface area contributed by atoms with Crippen LogP contribution in [0.3, 0.4) is 0 Å². The van der Waals surface area contributed by atoms with Gasteiger partial charge in [0.15, 0.2) is 0 Å². The van der Waals surface area contributed by atoms with E-state index in [4.69, 9.17) is 0 Å². The highest BCUT2D eigenvalue weighted by Gasteiger charge is 1.94. The van der Waals surface area contributed by atoms with E-state index in [0.29, 0.717) is 18.6 Å². The van der Waals surface area contributed by atoms with Gasteiger partial charge in [-0.25, -0.2) is 0 Å². The molecule has 1 nitrogen and oxygen atoms in total. The molecule has 1 heteroatoms. The molecule has 0 bridgehead atoms. The smallest absolute Gasteiger partial charge is 0.136 e. The van der Waals surface area contributed by atoms with Crippen LogP contribution in [-0.4, -0.2) is 5.78 Å². The number of allylic oxidation sites excluding steroid dienone is 6. The van der Waals surface area contributed by atoms with Gasteiger partial charge in [0.05, 0.1) is 0 Å². The van der Waals surface area contributed by atoms with Crippen LogP contribution in [0.2, 0.25) is 0 Å². The Morgan fingerprint density at radius 2 is 1.85 bits per heavy atom. The minimum atomic E-state index is 0.318. The largest absolute Gasteiger partial charge is 0.299 e. The molecule has 0 radical (unpaired) electrons. The monoisotopic (exact) mass is 178 g/mol. The Kier molecular flexibility index (Phi) is 8.21. The van der Waals surface area contributed by atoms with E-state index in [1.54, 1.807) is 0 Å². The Hall–Kier alpha value is -1.11. The van der Waals surface area contributed by atoms with E-state index in [0.717, 1.165) is 6.42 Å². The van der Waals surface area contributed by atoms with Crippen molar-refractivity contribution in [2.75, 3.05) is 0 Å². The standard InChI is InChI=1S/C12H18O/c1-3-5-6-7-8-9-11-12(13)10-4-2/h3,5-9H,4,10-11H2,1-2H3/b5-3+,7-6+,9-8+. The van der Waals surface area contributed by atoms with Crippen molar-refractivity contribution in [2.45, 2.75) is 33.1 Å². The summed E-state index contributed by atoms with van der Waals surface area (Å²) in [5.41, 5.74) is 0. The molecule has 0 aromatic rings. The quantitative estimate of drug-likeness (QED) is 0.569. The van der Waals surface area contributed by atoms with Crippen molar-refractivity contribution in [2.24, 2.45) is 0 Å². The fraction of sp³-hybridized carbons (Fsp3) is 0.417. The van der Waals surface area contributed by atoms with Crippen LogP contribution in [0.25, 0.3) is 0 Å². The molecule has 0 amide bonds. The summed E-state index contributed by atoms with van der Waals surface area (Å²) in [5, 5.41) is 0. The van der Waals surface area contributed by atoms with Gasteiger partial charge in [0.2, 0.25) is 0 Å². The summed E-state index contributed by atoms with van der Waals surface area (Å²) in [6.45, 7) is 3.99. The SMILES string of the molecule is C/C=C/C=C/C=C/CC(=O)CCC. The van der Waals surface area contributed by atoms with Gasteiger partial charge in [-0.05, 0) is 13.3 Å². The highest BCUT2D eigenvalue weighted by Crippen LogP contribution is 1.95. The van der Waals surface area contributed by atoms with Crippen LogP contribution in [-0.2, 0) is 4.79 Å². The first kappa shape index (κ1) is 11.9. The maximum atomic E-state index is 11.0. The second-order valence-corrected chi connectivity index (χ2v) is 2.83. The third-order valence-electron chi connectivity index (χ3n) is 1.54. The third kappa shape index (κ3) is 8.80. The predicted molar refractivity (Wildman–Crippen MR) is 57.6 cm³/mol. The van der Waals surface area contributed by atoms with Crippen LogP contribution in [0.1, 0.15) is 33.1 Å².